The molecule has 2 aliphatic heterocycles. The number of benzene rings is 1. The maximum atomic E-state index is 11.7. The Bertz CT molecular complexity index is 686. The molecule has 0 N–H and O–H groups in total. The number of carbonyl (C=O) groups excluding carboxylic acids is 1. The number of aryl methyl sites for hydroxylation is 1. The topological polar surface area (TPSA) is 54.5 Å². The molecule has 0 spiro atoms. The van der Waals surface area contributed by atoms with Crippen LogP contribution in [0.25, 0.3) is 0 Å². The Hall–Kier alpha value is -1.07. The lowest BCUT2D eigenvalue weighted by Crippen LogP contribution is -2.31. The minimum atomic E-state index is -2.92. The standard InChI is InChI=1S/C15H18ClNO3S/c1-17-13-4-2-11(8-10(13)3-5-14(17)18)15(16)12-6-7-21(19,20)9-12/h2,4,8,12,15H,3,5-7,9H2,1H3. The van der Waals surface area contributed by atoms with Crippen LogP contribution in [0.4, 0.5) is 5.69 Å². The summed E-state index contributed by atoms with van der Waals surface area (Å²) < 4.78 is 23.2. The molecule has 0 saturated carbocycles. The molecule has 2 atom stereocenters. The molecule has 1 saturated heterocycles. The smallest absolute Gasteiger partial charge is 0.227 e. The third-order valence-electron chi connectivity index (χ3n) is 4.45. The van der Waals surface area contributed by atoms with E-state index >= 15 is 0 Å². The molecule has 1 aromatic carbocycles. The molecule has 0 bridgehead atoms. The fourth-order valence-electron chi connectivity index (χ4n) is 3.17. The lowest BCUT2D eigenvalue weighted by Gasteiger charge is -2.27. The summed E-state index contributed by atoms with van der Waals surface area (Å²) in [6, 6.07) is 5.86. The molecule has 1 aromatic rings. The Labute approximate surface area is 130 Å². The van der Waals surface area contributed by atoms with Gasteiger partial charge in [0.1, 0.15) is 0 Å². The number of hydrogen-bond acceptors (Lipinski definition) is 3. The van der Waals surface area contributed by atoms with Gasteiger partial charge in [-0.15, -0.1) is 11.6 Å². The van der Waals surface area contributed by atoms with Gasteiger partial charge in [-0.05, 0) is 36.0 Å². The largest absolute Gasteiger partial charge is 0.315 e. The average molecular weight is 328 g/mol. The van der Waals surface area contributed by atoms with Crippen LogP contribution in [-0.2, 0) is 21.1 Å². The number of halogens is 1. The first kappa shape index (κ1) is 14.9. The van der Waals surface area contributed by atoms with Gasteiger partial charge in [0.05, 0.1) is 16.9 Å². The van der Waals surface area contributed by atoms with Gasteiger partial charge in [0.25, 0.3) is 0 Å². The first-order valence-electron chi connectivity index (χ1n) is 7.11. The van der Waals surface area contributed by atoms with Crippen LogP contribution in [-0.4, -0.2) is 32.9 Å². The van der Waals surface area contributed by atoms with E-state index in [1.807, 2.05) is 18.2 Å². The highest BCUT2D eigenvalue weighted by molar-refractivity contribution is 7.91. The monoisotopic (exact) mass is 327 g/mol. The van der Waals surface area contributed by atoms with Crippen molar-refractivity contribution in [3.63, 3.8) is 0 Å². The molecule has 2 unspecified atom stereocenters. The van der Waals surface area contributed by atoms with E-state index in [9.17, 15) is 13.2 Å². The number of amides is 1. The number of alkyl halides is 1. The molecule has 0 radical (unpaired) electrons. The SMILES string of the molecule is CN1C(=O)CCc2cc(C(Cl)C3CCS(=O)(=O)C3)ccc21. The summed E-state index contributed by atoms with van der Waals surface area (Å²) in [5, 5.41) is -0.282. The molecule has 114 valence electrons. The zero-order valence-electron chi connectivity index (χ0n) is 11.9. The number of nitrogens with zero attached hydrogens (tertiary/aromatic N) is 1. The first-order chi connectivity index (χ1) is 9.87. The van der Waals surface area contributed by atoms with Gasteiger partial charge in [0.15, 0.2) is 9.84 Å². The van der Waals surface area contributed by atoms with E-state index in [-0.39, 0.29) is 28.7 Å². The molecule has 3 rings (SSSR count). The van der Waals surface area contributed by atoms with Crippen LogP contribution in [0.3, 0.4) is 0 Å². The fourth-order valence-corrected chi connectivity index (χ4v) is 5.47. The number of carbonyl (C=O) groups is 1. The van der Waals surface area contributed by atoms with E-state index in [1.165, 1.54) is 0 Å². The highest BCUT2D eigenvalue weighted by Crippen LogP contribution is 2.38. The molecule has 0 aromatic heterocycles. The molecular formula is C15H18ClNO3S. The van der Waals surface area contributed by atoms with Gasteiger partial charge in [-0.25, -0.2) is 8.42 Å². The highest BCUT2D eigenvalue weighted by atomic mass is 35.5. The van der Waals surface area contributed by atoms with Crippen molar-refractivity contribution < 1.29 is 13.2 Å². The summed E-state index contributed by atoms with van der Waals surface area (Å²) in [7, 11) is -1.14. The maximum absolute atomic E-state index is 11.7. The molecule has 4 nitrogen and oxygen atoms in total. The molecule has 2 aliphatic rings. The van der Waals surface area contributed by atoms with Crippen molar-refractivity contribution in [1.29, 1.82) is 0 Å². The van der Waals surface area contributed by atoms with Crippen molar-refractivity contribution in [3.8, 4) is 0 Å². The summed E-state index contributed by atoms with van der Waals surface area (Å²) in [6.45, 7) is 0. The Morgan fingerprint density at radius 2 is 2.10 bits per heavy atom. The number of fused-ring (bicyclic) bond motifs is 1. The molecule has 6 heteroatoms. The molecule has 0 aliphatic carbocycles. The van der Waals surface area contributed by atoms with E-state index < -0.39 is 9.84 Å². The Morgan fingerprint density at radius 1 is 1.33 bits per heavy atom. The number of sulfone groups is 1. The molecular weight excluding hydrogens is 310 g/mol. The summed E-state index contributed by atoms with van der Waals surface area (Å²) in [4.78, 5) is 13.4. The summed E-state index contributed by atoms with van der Waals surface area (Å²) in [6.07, 6.45) is 1.86. The van der Waals surface area contributed by atoms with Crippen LogP contribution in [0.1, 0.15) is 29.3 Å². The summed E-state index contributed by atoms with van der Waals surface area (Å²) in [5.74, 6) is 0.525. The lowest BCUT2D eigenvalue weighted by atomic mass is 9.93. The maximum Gasteiger partial charge on any atom is 0.227 e. The zero-order valence-corrected chi connectivity index (χ0v) is 13.5. The normalized spacial score (nSPS) is 25.7. The molecule has 21 heavy (non-hydrogen) atoms. The van der Waals surface area contributed by atoms with Crippen molar-refractivity contribution in [3.05, 3.63) is 29.3 Å². The predicted molar refractivity (Wildman–Crippen MR) is 83.5 cm³/mol. The second-order valence-corrected chi connectivity index (χ2v) is 8.60. The number of rotatable bonds is 2. The van der Waals surface area contributed by atoms with Gasteiger partial charge in [-0.1, -0.05) is 12.1 Å². The van der Waals surface area contributed by atoms with Crippen molar-refractivity contribution >= 4 is 33.0 Å². The van der Waals surface area contributed by atoms with Gasteiger partial charge in [-0.3, -0.25) is 4.79 Å². The molecule has 1 amide bonds. The molecule has 1 fully saturated rings. The van der Waals surface area contributed by atoms with E-state index in [0.717, 1.165) is 23.2 Å². The number of anilines is 1. The van der Waals surface area contributed by atoms with Crippen molar-refractivity contribution in [2.45, 2.75) is 24.6 Å². The van der Waals surface area contributed by atoms with Crippen molar-refractivity contribution in [2.75, 3.05) is 23.5 Å². The van der Waals surface area contributed by atoms with E-state index in [4.69, 9.17) is 11.6 Å². The Balaban J connectivity index is 1.86. The average Bonchev–Trinajstić information content (AvgIpc) is 2.82. The van der Waals surface area contributed by atoms with Gasteiger partial charge >= 0.3 is 0 Å². The second kappa shape index (κ2) is 5.29. The second-order valence-electron chi connectivity index (χ2n) is 5.91. The summed E-state index contributed by atoms with van der Waals surface area (Å²) >= 11 is 6.50. The quantitative estimate of drug-likeness (QED) is 0.783. The molecule has 2 heterocycles. The fraction of sp³-hybridized carbons (Fsp3) is 0.533. The minimum absolute atomic E-state index is 0.0160. The Morgan fingerprint density at radius 3 is 2.76 bits per heavy atom. The van der Waals surface area contributed by atoms with Gasteiger partial charge in [0.2, 0.25) is 5.91 Å². The van der Waals surface area contributed by atoms with Crippen LogP contribution in [0, 0.1) is 5.92 Å². The van der Waals surface area contributed by atoms with Gasteiger partial charge in [0, 0.05) is 19.2 Å². The predicted octanol–water partition coefficient (Wildman–Crippen LogP) is 2.31. The van der Waals surface area contributed by atoms with Crippen LogP contribution < -0.4 is 4.90 Å². The third-order valence-corrected chi connectivity index (χ3v) is 6.85. The van der Waals surface area contributed by atoms with E-state index in [0.29, 0.717) is 12.8 Å². The van der Waals surface area contributed by atoms with E-state index in [1.54, 1.807) is 11.9 Å². The van der Waals surface area contributed by atoms with Crippen molar-refractivity contribution in [2.24, 2.45) is 5.92 Å². The highest BCUT2D eigenvalue weighted by Gasteiger charge is 2.34. The first-order valence-corrected chi connectivity index (χ1v) is 9.37. The van der Waals surface area contributed by atoms with Gasteiger partial charge < -0.3 is 4.90 Å². The van der Waals surface area contributed by atoms with E-state index in [2.05, 4.69) is 0 Å². The minimum Gasteiger partial charge on any atom is -0.315 e. The third kappa shape index (κ3) is 2.81. The van der Waals surface area contributed by atoms with Crippen LogP contribution in [0.5, 0.6) is 0 Å². The van der Waals surface area contributed by atoms with Gasteiger partial charge in [-0.2, -0.15) is 0 Å². The zero-order chi connectivity index (χ0) is 15.2. The van der Waals surface area contributed by atoms with Crippen LogP contribution in [0.2, 0.25) is 0 Å². The lowest BCUT2D eigenvalue weighted by molar-refractivity contribution is -0.118. The number of hydrogen-bond donors (Lipinski definition) is 0. The van der Waals surface area contributed by atoms with Crippen LogP contribution >= 0.6 is 11.6 Å². The van der Waals surface area contributed by atoms with Crippen LogP contribution in [0.15, 0.2) is 18.2 Å². The summed E-state index contributed by atoms with van der Waals surface area (Å²) in [5.41, 5.74) is 3.00. The van der Waals surface area contributed by atoms with Crippen molar-refractivity contribution in [1.82, 2.24) is 0 Å². The Kier molecular flexibility index (Phi) is 3.74.